The Balaban J connectivity index is 1.90. The third kappa shape index (κ3) is 6.34. The number of anilines is 2. The lowest BCUT2D eigenvalue weighted by atomic mass is 10.1. The van der Waals surface area contributed by atoms with Crippen LogP contribution in [-0.2, 0) is 4.79 Å². The summed E-state index contributed by atoms with van der Waals surface area (Å²) in [5.74, 6) is -0.422. The van der Waals surface area contributed by atoms with Gasteiger partial charge in [0.2, 0.25) is 5.91 Å². The van der Waals surface area contributed by atoms with Crippen molar-refractivity contribution in [1.29, 1.82) is 0 Å². The largest absolute Gasteiger partial charge is 0.376 e. The maximum atomic E-state index is 12.3. The van der Waals surface area contributed by atoms with Gasteiger partial charge in [0.05, 0.1) is 6.54 Å². The van der Waals surface area contributed by atoms with Crippen LogP contribution in [0.1, 0.15) is 41.5 Å². The van der Waals surface area contributed by atoms with Crippen molar-refractivity contribution >= 4 is 29.1 Å². The van der Waals surface area contributed by atoms with E-state index in [0.717, 1.165) is 5.69 Å². The Hall–Kier alpha value is -3.35. The number of benzene rings is 2. The van der Waals surface area contributed by atoms with E-state index in [1.54, 1.807) is 53.4 Å². The minimum atomic E-state index is -0.235. The van der Waals surface area contributed by atoms with Crippen LogP contribution in [0.4, 0.5) is 11.4 Å². The van der Waals surface area contributed by atoms with Gasteiger partial charge in [-0.15, -0.1) is 0 Å². The van der Waals surface area contributed by atoms with E-state index < -0.39 is 0 Å². The number of nitrogens with zero attached hydrogens (tertiary/aromatic N) is 1. The van der Waals surface area contributed by atoms with Gasteiger partial charge in [0, 0.05) is 42.1 Å². The molecule has 2 aromatic carbocycles. The Bertz CT molecular complexity index is 845. The minimum Gasteiger partial charge on any atom is -0.376 e. The van der Waals surface area contributed by atoms with Gasteiger partial charge in [0.25, 0.3) is 11.8 Å². The van der Waals surface area contributed by atoms with Gasteiger partial charge < -0.3 is 20.9 Å². The molecule has 29 heavy (non-hydrogen) atoms. The topological polar surface area (TPSA) is 90.5 Å². The van der Waals surface area contributed by atoms with Gasteiger partial charge in [-0.25, -0.2) is 0 Å². The third-order valence-corrected chi connectivity index (χ3v) is 4.38. The summed E-state index contributed by atoms with van der Waals surface area (Å²) in [6.07, 6.45) is 0. The van der Waals surface area contributed by atoms with Crippen molar-refractivity contribution < 1.29 is 14.4 Å². The molecule has 0 atom stereocenters. The molecule has 0 fully saturated rings. The molecule has 0 aliphatic rings. The number of carbonyl (C=O) groups excluding carboxylic acids is 3. The number of amides is 3. The number of nitrogens with one attached hydrogen (secondary N) is 3. The monoisotopic (exact) mass is 396 g/mol. The zero-order chi connectivity index (χ0) is 21.2. The Morgan fingerprint density at radius 3 is 2.17 bits per heavy atom. The molecule has 7 heteroatoms. The molecule has 0 unspecified atom stereocenters. The van der Waals surface area contributed by atoms with Crippen molar-refractivity contribution in [3.63, 3.8) is 0 Å². The second-order valence-electron chi connectivity index (χ2n) is 6.40. The van der Waals surface area contributed by atoms with E-state index in [1.165, 1.54) is 0 Å². The SMILES string of the molecule is CCNC(=O)c1cccc(NC(=O)CNc2ccc(C(=O)N(CC)CC)cc2)c1. The van der Waals surface area contributed by atoms with E-state index in [9.17, 15) is 14.4 Å². The molecule has 2 aromatic rings. The van der Waals surface area contributed by atoms with Crippen LogP contribution in [0, 0.1) is 0 Å². The summed E-state index contributed by atoms with van der Waals surface area (Å²) in [5.41, 5.74) is 2.41. The lowest BCUT2D eigenvalue weighted by Crippen LogP contribution is -2.30. The molecule has 0 aromatic heterocycles. The molecular weight excluding hydrogens is 368 g/mol. The highest BCUT2D eigenvalue weighted by atomic mass is 16.2. The lowest BCUT2D eigenvalue weighted by molar-refractivity contribution is -0.114. The van der Waals surface area contributed by atoms with Crippen molar-refractivity contribution in [2.24, 2.45) is 0 Å². The van der Waals surface area contributed by atoms with Crippen LogP contribution < -0.4 is 16.0 Å². The van der Waals surface area contributed by atoms with Crippen LogP contribution in [0.5, 0.6) is 0 Å². The quantitative estimate of drug-likeness (QED) is 0.608. The Morgan fingerprint density at radius 2 is 1.55 bits per heavy atom. The summed E-state index contributed by atoms with van der Waals surface area (Å²) in [6.45, 7) is 7.67. The van der Waals surface area contributed by atoms with Gasteiger partial charge in [-0.1, -0.05) is 6.07 Å². The molecule has 7 nitrogen and oxygen atoms in total. The minimum absolute atomic E-state index is 0.00807. The molecule has 154 valence electrons. The second kappa shape index (κ2) is 10.8. The zero-order valence-corrected chi connectivity index (χ0v) is 17.1. The van der Waals surface area contributed by atoms with Gasteiger partial charge in [-0.3, -0.25) is 14.4 Å². The summed E-state index contributed by atoms with van der Waals surface area (Å²) in [4.78, 5) is 38.2. The van der Waals surface area contributed by atoms with E-state index in [1.807, 2.05) is 20.8 Å². The molecule has 0 heterocycles. The molecule has 2 rings (SSSR count). The molecule has 3 amide bonds. The first-order valence-corrected chi connectivity index (χ1v) is 9.79. The van der Waals surface area contributed by atoms with E-state index >= 15 is 0 Å². The van der Waals surface area contributed by atoms with Crippen LogP contribution in [0.15, 0.2) is 48.5 Å². The first-order valence-electron chi connectivity index (χ1n) is 9.79. The Kier molecular flexibility index (Phi) is 8.21. The Morgan fingerprint density at radius 1 is 0.862 bits per heavy atom. The predicted molar refractivity (Wildman–Crippen MR) is 115 cm³/mol. The highest BCUT2D eigenvalue weighted by Crippen LogP contribution is 2.13. The smallest absolute Gasteiger partial charge is 0.253 e. The molecule has 0 saturated carbocycles. The van der Waals surface area contributed by atoms with E-state index in [0.29, 0.717) is 36.4 Å². The molecule has 3 N–H and O–H groups in total. The van der Waals surface area contributed by atoms with Crippen molar-refractivity contribution in [2.75, 3.05) is 36.8 Å². The van der Waals surface area contributed by atoms with Crippen molar-refractivity contribution in [1.82, 2.24) is 10.2 Å². The van der Waals surface area contributed by atoms with Gasteiger partial charge in [0.1, 0.15) is 0 Å². The van der Waals surface area contributed by atoms with Crippen molar-refractivity contribution in [2.45, 2.75) is 20.8 Å². The van der Waals surface area contributed by atoms with E-state index in [-0.39, 0.29) is 24.3 Å². The summed E-state index contributed by atoms with van der Waals surface area (Å²) >= 11 is 0. The lowest BCUT2D eigenvalue weighted by Gasteiger charge is -2.18. The number of hydrogen-bond donors (Lipinski definition) is 3. The van der Waals surface area contributed by atoms with E-state index in [2.05, 4.69) is 16.0 Å². The highest BCUT2D eigenvalue weighted by Gasteiger charge is 2.12. The predicted octanol–water partition coefficient (Wildman–Crippen LogP) is 2.97. The first kappa shape index (κ1) is 21.9. The maximum absolute atomic E-state index is 12.3. The zero-order valence-electron chi connectivity index (χ0n) is 17.1. The number of hydrogen-bond acceptors (Lipinski definition) is 4. The fraction of sp³-hybridized carbons (Fsp3) is 0.318. The molecule has 0 radical (unpaired) electrons. The fourth-order valence-corrected chi connectivity index (χ4v) is 2.81. The van der Waals surface area contributed by atoms with Gasteiger partial charge >= 0.3 is 0 Å². The highest BCUT2D eigenvalue weighted by molar-refractivity contribution is 5.98. The normalized spacial score (nSPS) is 10.2. The van der Waals surface area contributed by atoms with Crippen molar-refractivity contribution in [3.8, 4) is 0 Å². The van der Waals surface area contributed by atoms with Crippen molar-refractivity contribution in [3.05, 3.63) is 59.7 Å². The van der Waals surface area contributed by atoms with Crippen LogP contribution >= 0.6 is 0 Å². The summed E-state index contributed by atoms with van der Waals surface area (Å²) in [6, 6.07) is 13.8. The van der Waals surface area contributed by atoms with Crippen LogP contribution in [-0.4, -0.2) is 48.8 Å². The molecular formula is C22H28N4O3. The summed E-state index contributed by atoms with van der Waals surface area (Å²) in [7, 11) is 0. The molecule has 0 aliphatic carbocycles. The summed E-state index contributed by atoms with van der Waals surface area (Å²) < 4.78 is 0. The van der Waals surface area contributed by atoms with Gasteiger partial charge in [-0.2, -0.15) is 0 Å². The molecule has 0 aliphatic heterocycles. The third-order valence-electron chi connectivity index (χ3n) is 4.38. The summed E-state index contributed by atoms with van der Waals surface area (Å²) in [5, 5.41) is 8.52. The van der Waals surface area contributed by atoms with Crippen LogP contribution in [0.2, 0.25) is 0 Å². The number of rotatable bonds is 9. The van der Waals surface area contributed by atoms with Crippen LogP contribution in [0.25, 0.3) is 0 Å². The van der Waals surface area contributed by atoms with Gasteiger partial charge in [-0.05, 0) is 63.2 Å². The van der Waals surface area contributed by atoms with Gasteiger partial charge in [0.15, 0.2) is 0 Å². The standard InChI is InChI=1S/C22H28N4O3/c1-4-23-21(28)17-8-7-9-19(14-17)25-20(27)15-24-18-12-10-16(11-13-18)22(29)26(5-2)6-3/h7-14,24H,4-6,15H2,1-3H3,(H,23,28)(H,25,27). The molecule has 0 spiro atoms. The van der Waals surface area contributed by atoms with E-state index in [4.69, 9.17) is 0 Å². The van der Waals surface area contributed by atoms with Crippen LogP contribution in [0.3, 0.4) is 0 Å². The second-order valence-corrected chi connectivity index (χ2v) is 6.40. The number of carbonyl (C=O) groups is 3. The molecule has 0 bridgehead atoms. The average Bonchev–Trinajstić information content (AvgIpc) is 2.74. The average molecular weight is 396 g/mol. The molecule has 0 saturated heterocycles. The maximum Gasteiger partial charge on any atom is 0.253 e. The Labute approximate surface area is 171 Å². The first-order chi connectivity index (χ1) is 14.0. The fourth-order valence-electron chi connectivity index (χ4n) is 2.81.